The van der Waals surface area contributed by atoms with E-state index in [4.69, 9.17) is 15.7 Å². The molecule has 6 nitrogen and oxygen atoms in total. The van der Waals surface area contributed by atoms with Gasteiger partial charge in [-0.1, -0.05) is 0 Å². The molecule has 0 saturated heterocycles. The molecule has 7 heteroatoms. The van der Waals surface area contributed by atoms with Crippen molar-refractivity contribution in [3.8, 4) is 11.8 Å². The maximum Gasteiger partial charge on any atom is 0.311 e. The predicted octanol–water partition coefficient (Wildman–Crippen LogP) is 0.964. The standard InChI is InChI=1S/C9H8FN3O3/c10-6-1-2-8(13(14)15)9(3-6)16-5-7(12)4-11/h1-3,7H,5,12H2. The fourth-order valence-corrected chi connectivity index (χ4v) is 0.971. The molecule has 0 spiro atoms. The van der Waals surface area contributed by atoms with E-state index in [0.717, 1.165) is 18.2 Å². The molecule has 0 fully saturated rings. The minimum atomic E-state index is -0.914. The zero-order valence-electron chi connectivity index (χ0n) is 8.09. The van der Waals surface area contributed by atoms with Crippen molar-refractivity contribution in [1.29, 1.82) is 5.26 Å². The molecule has 0 aliphatic rings. The fourth-order valence-electron chi connectivity index (χ4n) is 0.971. The molecule has 0 amide bonds. The van der Waals surface area contributed by atoms with Crippen molar-refractivity contribution in [2.24, 2.45) is 5.73 Å². The van der Waals surface area contributed by atoms with Gasteiger partial charge in [0.2, 0.25) is 0 Å². The Morgan fingerprint density at radius 2 is 2.38 bits per heavy atom. The molecule has 0 bridgehead atoms. The van der Waals surface area contributed by atoms with E-state index in [0.29, 0.717) is 0 Å². The highest BCUT2D eigenvalue weighted by atomic mass is 19.1. The summed E-state index contributed by atoms with van der Waals surface area (Å²) in [5, 5.41) is 18.9. The van der Waals surface area contributed by atoms with Crippen molar-refractivity contribution in [2.45, 2.75) is 6.04 Å². The van der Waals surface area contributed by atoms with E-state index in [9.17, 15) is 14.5 Å². The number of benzene rings is 1. The highest BCUT2D eigenvalue weighted by Crippen LogP contribution is 2.27. The van der Waals surface area contributed by atoms with E-state index in [-0.39, 0.29) is 18.0 Å². The van der Waals surface area contributed by atoms with Crippen LogP contribution >= 0.6 is 0 Å². The molecular weight excluding hydrogens is 217 g/mol. The summed E-state index contributed by atoms with van der Waals surface area (Å²) in [7, 11) is 0. The largest absolute Gasteiger partial charge is 0.484 e. The van der Waals surface area contributed by atoms with Crippen LogP contribution in [0.5, 0.6) is 5.75 Å². The molecule has 1 aromatic carbocycles. The van der Waals surface area contributed by atoms with Gasteiger partial charge in [0.25, 0.3) is 0 Å². The molecule has 16 heavy (non-hydrogen) atoms. The second-order valence-electron chi connectivity index (χ2n) is 2.92. The topological polar surface area (TPSA) is 102 Å². The predicted molar refractivity (Wildman–Crippen MR) is 52.1 cm³/mol. The van der Waals surface area contributed by atoms with Gasteiger partial charge in [0.05, 0.1) is 11.0 Å². The number of hydrogen-bond donors (Lipinski definition) is 1. The monoisotopic (exact) mass is 225 g/mol. The zero-order chi connectivity index (χ0) is 12.1. The molecule has 1 rings (SSSR count). The summed E-state index contributed by atoms with van der Waals surface area (Å²) >= 11 is 0. The van der Waals surface area contributed by atoms with Gasteiger partial charge < -0.3 is 10.5 Å². The van der Waals surface area contributed by atoms with Gasteiger partial charge in [0.15, 0.2) is 5.75 Å². The number of rotatable bonds is 4. The lowest BCUT2D eigenvalue weighted by atomic mass is 10.3. The lowest BCUT2D eigenvalue weighted by molar-refractivity contribution is -0.385. The van der Waals surface area contributed by atoms with E-state index in [1.807, 2.05) is 0 Å². The van der Waals surface area contributed by atoms with E-state index in [1.165, 1.54) is 0 Å². The van der Waals surface area contributed by atoms with Gasteiger partial charge in [-0.25, -0.2) is 4.39 Å². The summed E-state index contributed by atoms with van der Waals surface area (Å²) < 4.78 is 17.7. The van der Waals surface area contributed by atoms with Gasteiger partial charge in [0, 0.05) is 12.1 Å². The molecule has 0 aromatic heterocycles. The molecule has 2 N–H and O–H groups in total. The molecule has 0 saturated carbocycles. The van der Waals surface area contributed by atoms with Gasteiger partial charge in [-0.05, 0) is 6.07 Å². The number of nitrogens with two attached hydrogens (primary N) is 1. The summed E-state index contributed by atoms with van der Waals surface area (Å²) in [5.74, 6) is -0.901. The zero-order valence-corrected chi connectivity index (χ0v) is 8.09. The SMILES string of the molecule is N#CC(N)COc1cc(F)ccc1[N+](=O)[O-]. The molecule has 1 unspecified atom stereocenters. The lowest BCUT2D eigenvalue weighted by Gasteiger charge is -2.07. The van der Waals surface area contributed by atoms with Crippen LogP contribution in [0.2, 0.25) is 0 Å². The summed E-state index contributed by atoms with van der Waals surface area (Å²) in [4.78, 5) is 9.85. The van der Waals surface area contributed by atoms with Crippen LogP contribution in [0.15, 0.2) is 18.2 Å². The molecule has 0 aliphatic heterocycles. The van der Waals surface area contributed by atoms with Crippen molar-refractivity contribution >= 4 is 5.69 Å². The Balaban J connectivity index is 2.89. The molecule has 84 valence electrons. The first-order chi connectivity index (χ1) is 7.54. The van der Waals surface area contributed by atoms with Crippen molar-refractivity contribution < 1.29 is 14.1 Å². The number of halogens is 1. The number of nitro benzene ring substituents is 1. The van der Waals surface area contributed by atoms with Crippen molar-refractivity contribution in [2.75, 3.05) is 6.61 Å². The van der Waals surface area contributed by atoms with Crippen LogP contribution in [-0.2, 0) is 0 Å². The Morgan fingerprint density at radius 1 is 1.69 bits per heavy atom. The quantitative estimate of drug-likeness (QED) is 0.607. The number of nitro groups is 1. The first-order valence-corrected chi connectivity index (χ1v) is 4.26. The highest BCUT2D eigenvalue weighted by Gasteiger charge is 2.16. The Kier molecular flexibility index (Phi) is 3.74. The van der Waals surface area contributed by atoms with E-state index in [1.54, 1.807) is 6.07 Å². The Labute approximate surface area is 90.2 Å². The third-order valence-electron chi connectivity index (χ3n) is 1.70. The number of hydrogen-bond acceptors (Lipinski definition) is 5. The second kappa shape index (κ2) is 5.04. The molecule has 0 radical (unpaired) electrons. The summed E-state index contributed by atoms with van der Waals surface area (Å²) in [5.41, 5.74) is 4.87. The van der Waals surface area contributed by atoms with Crippen LogP contribution in [0.4, 0.5) is 10.1 Å². The first-order valence-electron chi connectivity index (χ1n) is 4.26. The van der Waals surface area contributed by atoms with Gasteiger partial charge >= 0.3 is 5.69 Å². The molecular formula is C9H8FN3O3. The van der Waals surface area contributed by atoms with Crippen LogP contribution in [0.1, 0.15) is 0 Å². The maximum atomic E-state index is 12.8. The molecule has 0 aliphatic carbocycles. The van der Waals surface area contributed by atoms with Gasteiger partial charge in [0.1, 0.15) is 18.5 Å². The van der Waals surface area contributed by atoms with Gasteiger partial charge in [-0.3, -0.25) is 10.1 Å². The van der Waals surface area contributed by atoms with E-state index < -0.39 is 16.8 Å². The van der Waals surface area contributed by atoms with Crippen LogP contribution in [0.3, 0.4) is 0 Å². The molecule has 1 aromatic rings. The highest BCUT2D eigenvalue weighted by molar-refractivity contribution is 5.46. The van der Waals surface area contributed by atoms with E-state index in [2.05, 4.69) is 0 Å². The number of ether oxygens (including phenoxy) is 1. The van der Waals surface area contributed by atoms with Gasteiger partial charge in [-0.15, -0.1) is 0 Å². The maximum absolute atomic E-state index is 12.8. The van der Waals surface area contributed by atoms with Crippen LogP contribution in [0, 0.1) is 27.3 Å². The normalized spacial score (nSPS) is 11.6. The fraction of sp³-hybridized carbons (Fsp3) is 0.222. The third-order valence-corrected chi connectivity index (χ3v) is 1.70. The smallest absolute Gasteiger partial charge is 0.311 e. The Morgan fingerprint density at radius 3 is 2.94 bits per heavy atom. The number of nitriles is 1. The van der Waals surface area contributed by atoms with Gasteiger partial charge in [-0.2, -0.15) is 5.26 Å². The van der Waals surface area contributed by atoms with Crippen LogP contribution in [0.25, 0.3) is 0 Å². The van der Waals surface area contributed by atoms with Crippen LogP contribution < -0.4 is 10.5 Å². The second-order valence-corrected chi connectivity index (χ2v) is 2.92. The van der Waals surface area contributed by atoms with E-state index >= 15 is 0 Å². The third kappa shape index (κ3) is 2.90. The minimum absolute atomic E-state index is 0.235. The van der Waals surface area contributed by atoms with Crippen LogP contribution in [-0.4, -0.2) is 17.6 Å². The van der Waals surface area contributed by atoms with Crippen molar-refractivity contribution in [1.82, 2.24) is 0 Å². The van der Waals surface area contributed by atoms with Crippen molar-refractivity contribution in [3.05, 3.63) is 34.1 Å². The average molecular weight is 225 g/mol. The van der Waals surface area contributed by atoms with Crippen molar-refractivity contribution in [3.63, 3.8) is 0 Å². The Bertz CT molecular complexity index is 444. The average Bonchev–Trinajstić information content (AvgIpc) is 2.25. The minimum Gasteiger partial charge on any atom is -0.484 e. The molecule has 0 heterocycles. The summed E-state index contributed by atoms with van der Waals surface area (Å²) in [6.45, 7) is -0.235. The molecule has 1 atom stereocenters. The summed E-state index contributed by atoms with van der Waals surface area (Å²) in [6, 6.07) is 3.59. The summed E-state index contributed by atoms with van der Waals surface area (Å²) in [6.07, 6.45) is 0. The number of nitrogens with zero attached hydrogens (tertiary/aromatic N) is 2. The lowest BCUT2D eigenvalue weighted by Crippen LogP contribution is -2.25. The Hall–Kier alpha value is -2.20. The first kappa shape index (κ1) is 11.9.